The van der Waals surface area contributed by atoms with E-state index in [4.69, 9.17) is 4.52 Å². The van der Waals surface area contributed by atoms with E-state index in [1.165, 1.54) is 5.57 Å². The first-order valence-corrected chi connectivity index (χ1v) is 5.18. The summed E-state index contributed by atoms with van der Waals surface area (Å²) in [7, 11) is 0. The van der Waals surface area contributed by atoms with Crippen molar-refractivity contribution in [3.63, 3.8) is 0 Å². The molecule has 1 aromatic rings. The number of allylic oxidation sites excluding steroid dienone is 1. The quantitative estimate of drug-likeness (QED) is 0.731. The van der Waals surface area contributed by atoms with E-state index in [1.54, 1.807) is 0 Å². The number of fused-ring (bicyclic) bond motifs is 1. The van der Waals surface area contributed by atoms with E-state index in [2.05, 4.69) is 16.5 Å². The lowest BCUT2D eigenvalue weighted by Crippen LogP contribution is -2.09. The van der Waals surface area contributed by atoms with Crippen LogP contribution in [0.5, 0.6) is 0 Å². The molecule has 1 saturated heterocycles. The zero-order valence-electron chi connectivity index (χ0n) is 8.29. The monoisotopic (exact) mass is 190 g/mol. The summed E-state index contributed by atoms with van der Waals surface area (Å²) in [4.78, 5) is 0. The van der Waals surface area contributed by atoms with Crippen LogP contribution in [0.1, 0.15) is 17.9 Å². The predicted molar refractivity (Wildman–Crippen MR) is 53.7 cm³/mol. The van der Waals surface area contributed by atoms with Crippen LogP contribution in [0.15, 0.2) is 16.7 Å². The Kier molecular flexibility index (Phi) is 1.74. The second-order valence-corrected chi connectivity index (χ2v) is 4.31. The maximum atomic E-state index is 5.27. The summed E-state index contributed by atoms with van der Waals surface area (Å²) in [5, 5.41) is 7.33. The maximum Gasteiger partial charge on any atom is 0.162 e. The van der Waals surface area contributed by atoms with Gasteiger partial charge in [0.15, 0.2) is 5.76 Å². The van der Waals surface area contributed by atoms with Crippen LogP contribution in [-0.2, 0) is 0 Å². The van der Waals surface area contributed by atoms with Gasteiger partial charge in [0.05, 0.1) is 5.69 Å². The second kappa shape index (κ2) is 2.95. The normalized spacial score (nSPS) is 30.5. The van der Waals surface area contributed by atoms with E-state index in [9.17, 15) is 0 Å². The summed E-state index contributed by atoms with van der Waals surface area (Å²) in [6, 6.07) is 2.03. The average Bonchev–Trinajstić information content (AvgIpc) is 2.75. The molecule has 0 aromatic carbocycles. The molecule has 1 aliphatic carbocycles. The molecule has 3 rings (SSSR count). The third-order valence-electron chi connectivity index (χ3n) is 3.23. The first kappa shape index (κ1) is 8.24. The number of nitrogens with zero attached hydrogens (tertiary/aromatic N) is 1. The van der Waals surface area contributed by atoms with Gasteiger partial charge in [0.25, 0.3) is 0 Å². The van der Waals surface area contributed by atoms with Crippen molar-refractivity contribution in [1.82, 2.24) is 10.5 Å². The molecule has 2 heterocycles. The van der Waals surface area contributed by atoms with Crippen molar-refractivity contribution in [3.05, 3.63) is 23.6 Å². The van der Waals surface area contributed by atoms with E-state index in [-0.39, 0.29) is 0 Å². The molecule has 1 aliphatic heterocycles. The minimum Gasteiger partial charge on any atom is -0.356 e. The van der Waals surface area contributed by atoms with Crippen LogP contribution in [0.2, 0.25) is 0 Å². The van der Waals surface area contributed by atoms with Gasteiger partial charge in [-0.05, 0) is 37.3 Å². The summed E-state index contributed by atoms with van der Waals surface area (Å²) >= 11 is 0. The third kappa shape index (κ3) is 1.20. The van der Waals surface area contributed by atoms with Crippen LogP contribution < -0.4 is 5.32 Å². The van der Waals surface area contributed by atoms with Crippen LogP contribution >= 0.6 is 0 Å². The Morgan fingerprint density at radius 1 is 1.50 bits per heavy atom. The molecule has 0 bridgehead atoms. The highest BCUT2D eigenvalue weighted by atomic mass is 16.5. The number of aryl methyl sites for hydroxylation is 1. The maximum absolute atomic E-state index is 5.27. The smallest absolute Gasteiger partial charge is 0.162 e. The highest BCUT2D eigenvalue weighted by molar-refractivity contribution is 5.64. The van der Waals surface area contributed by atoms with Crippen LogP contribution in [-0.4, -0.2) is 18.2 Å². The molecule has 0 radical (unpaired) electrons. The van der Waals surface area contributed by atoms with Gasteiger partial charge in [-0.2, -0.15) is 0 Å². The lowest BCUT2D eigenvalue weighted by Gasteiger charge is -2.04. The van der Waals surface area contributed by atoms with Crippen molar-refractivity contribution in [3.8, 4) is 0 Å². The van der Waals surface area contributed by atoms with Gasteiger partial charge in [0.1, 0.15) is 0 Å². The van der Waals surface area contributed by atoms with E-state index in [0.29, 0.717) is 0 Å². The lowest BCUT2D eigenvalue weighted by molar-refractivity contribution is 0.403. The summed E-state index contributed by atoms with van der Waals surface area (Å²) in [6.45, 7) is 4.24. The molecule has 3 heteroatoms. The average molecular weight is 190 g/mol. The number of hydrogen-bond acceptors (Lipinski definition) is 3. The Labute approximate surface area is 83.2 Å². The van der Waals surface area contributed by atoms with Crippen molar-refractivity contribution in [2.75, 3.05) is 13.1 Å². The fourth-order valence-corrected chi connectivity index (χ4v) is 2.48. The van der Waals surface area contributed by atoms with Crippen molar-refractivity contribution < 1.29 is 4.52 Å². The molecule has 14 heavy (non-hydrogen) atoms. The van der Waals surface area contributed by atoms with Crippen LogP contribution in [0.25, 0.3) is 5.57 Å². The molecule has 74 valence electrons. The van der Waals surface area contributed by atoms with Gasteiger partial charge in [-0.1, -0.05) is 11.2 Å². The molecule has 2 unspecified atom stereocenters. The fraction of sp³-hybridized carbons (Fsp3) is 0.545. The number of nitrogens with one attached hydrogen (secondary N) is 1. The first-order chi connectivity index (χ1) is 6.83. The molecule has 0 amide bonds. The van der Waals surface area contributed by atoms with Crippen molar-refractivity contribution >= 4 is 5.57 Å². The Morgan fingerprint density at radius 2 is 2.43 bits per heavy atom. The predicted octanol–water partition coefficient (Wildman–Crippen LogP) is 1.61. The van der Waals surface area contributed by atoms with Crippen molar-refractivity contribution in [2.24, 2.45) is 11.8 Å². The Hall–Kier alpha value is -1.09. The van der Waals surface area contributed by atoms with Crippen LogP contribution in [0, 0.1) is 18.8 Å². The second-order valence-electron chi connectivity index (χ2n) is 4.31. The fourth-order valence-electron chi connectivity index (χ4n) is 2.48. The Morgan fingerprint density at radius 3 is 3.14 bits per heavy atom. The molecule has 0 saturated carbocycles. The summed E-state index contributed by atoms with van der Waals surface area (Å²) in [5.41, 5.74) is 2.32. The summed E-state index contributed by atoms with van der Waals surface area (Å²) < 4.78 is 5.27. The van der Waals surface area contributed by atoms with Gasteiger partial charge in [-0.3, -0.25) is 0 Å². The van der Waals surface area contributed by atoms with Gasteiger partial charge >= 0.3 is 0 Å². The molecular formula is C11H14N2O. The zero-order chi connectivity index (χ0) is 9.54. The van der Waals surface area contributed by atoms with Crippen molar-refractivity contribution in [1.29, 1.82) is 0 Å². The molecule has 1 aromatic heterocycles. The zero-order valence-corrected chi connectivity index (χ0v) is 8.29. The van der Waals surface area contributed by atoms with Gasteiger partial charge in [0, 0.05) is 12.6 Å². The number of rotatable bonds is 1. The molecule has 0 spiro atoms. The minimum atomic E-state index is 0.718. The number of hydrogen-bond donors (Lipinski definition) is 1. The Bertz CT molecular complexity index is 380. The van der Waals surface area contributed by atoms with Gasteiger partial charge in [0.2, 0.25) is 0 Å². The third-order valence-corrected chi connectivity index (χ3v) is 3.23. The van der Waals surface area contributed by atoms with Gasteiger partial charge in [-0.15, -0.1) is 0 Å². The molecule has 2 atom stereocenters. The van der Waals surface area contributed by atoms with Crippen molar-refractivity contribution in [2.45, 2.75) is 13.3 Å². The lowest BCUT2D eigenvalue weighted by atomic mass is 9.99. The Balaban J connectivity index is 1.87. The van der Waals surface area contributed by atoms with E-state index >= 15 is 0 Å². The molecule has 2 aliphatic rings. The molecule has 3 nitrogen and oxygen atoms in total. The largest absolute Gasteiger partial charge is 0.356 e. The van der Waals surface area contributed by atoms with Gasteiger partial charge in [-0.25, -0.2) is 0 Å². The topological polar surface area (TPSA) is 38.1 Å². The van der Waals surface area contributed by atoms with E-state index in [0.717, 1.165) is 42.8 Å². The number of aromatic nitrogens is 1. The SMILES string of the molecule is Cc1cc(C2=CC3CNCC3C2)on1. The highest BCUT2D eigenvalue weighted by Crippen LogP contribution is 2.38. The van der Waals surface area contributed by atoms with Crippen LogP contribution in [0.3, 0.4) is 0 Å². The first-order valence-electron chi connectivity index (χ1n) is 5.18. The standard InChI is InChI=1S/C11H14N2O/c1-7-2-11(14-13-7)8-3-9-5-12-6-10(9)4-8/h2-3,9-10,12H,4-6H2,1H3. The molecule has 1 N–H and O–H groups in total. The minimum absolute atomic E-state index is 0.718. The van der Waals surface area contributed by atoms with E-state index in [1.807, 2.05) is 13.0 Å². The summed E-state index contributed by atoms with van der Waals surface area (Å²) in [6.07, 6.45) is 3.50. The molecular weight excluding hydrogens is 176 g/mol. The van der Waals surface area contributed by atoms with E-state index < -0.39 is 0 Å². The van der Waals surface area contributed by atoms with Gasteiger partial charge < -0.3 is 9.84 Å². The molecule has 1 fully saturated rings. The summed E-state index contributed by atoms with van der Waals surface area (Å²) in [5.74, 6) is 2.47. The van der Waals surface area contributed by atoms with Crippen LogP contribution in [0.4, 0.5) is 0 Å². The highest BCUT2D eigenvalue weighted by Gasteiger charge is 2.32.